The number of hydrogen-bond donors (Lipinski definition) is 0. The fraction of sp³-hybridized carbons (Fsp3) is 0.852. The summed E-state index contributed by atoms with van der Waals surface area (Å²) in [6.07, 6.45) is 30.9. The molecule has 0 amide bonds. The van der Waals surface area contributed by atoms with E-state index < -0.39 is 0 Å². The zero-order chi connectivity index (χ0) is 19.2. The standard InChI is InChI=1S/C14H23N.C13H22/c1-11-6-4-5-9-15-13-8-3-2-7-12(13)10-14(11)15;1-2-7-12(6-1)8-3-4-9-13-10-5-11-13/h10-13H,2-9H2,1H3;5,10,12-13H,1-4,6-9,11H2. The van der Waals surface area contributed by atoms with Gasteiger partial charge in [0, 0.05) is 18.3 Å². The summed E-state index contributed by atoms with van der Waals surface area (Å²) in [6.45, 7) is 3.78. The lowest BCUT2D eigenvalue weighted by Crippen LogP contribution is -2.36. The maximum Gasteiger partial charge on any atom is 0.0350 e. The van der Waals surface area contributed by atoms with Crippen molar-refractivity contribution < 1.29 is 0 Å². The van der Waals surface area contributed by atoms with E-state index in [0.29, 0.717) is 0 Å². The number of hydrogen-bond acceptors (Lipinski definition) is 1. The monoisotopic (exact) mass is 383 g/mol. The topological polar surface area (TPSA) is 3.24 Å². The van der Waals surface area contributed by atoms with Crippen molar-refractivity contribution in [3.05, 3.63) is 23.9 Å². The van der Waals surface area contributed by atoms with Crippen LogP contribution >= 0.6 is 0 Å². The number of nitrogens with zero attached hydrogens (tertiary/aromatic N) is 1. The third kappa shape index (κ3) is 5.25. The zero-order valence-corrected chi connectivity index (χ0v) is 18.6. The van der Waals surface area contributed by atoms with Crippen LogP contribution in [0.4, 0.5) is 0 Å². The van der Waals surface area contributed by atoms with Gasteiger partial charge in [0.05, 0.1) is 0 Å². The first-order valence-electron chi connectivity index (χ1n) is 13.0. The Morgan fingerprint density at radius 2 is 1.57 bits per heavy atom. The molecule has 5 rings (SSSR count). The van der Waals surface area contributed by atoms with Gasteiger partial charge in [0.2, 0.25) is 0 Å². The molecule has 1 saturated heterocycles. The second-order valence-electron chi connectivity index (χ2n) is 10.6. The molecule has 3 aliphatic carbocycles. The fourth-order valence-electron chi connectivity index (χ4n) is 6.53. The zero-order valence-electron chi connectivity index (χ0n) is 18.6. The van der Waals surface area contributed by atoms with Crippen molar-refractivity contribution in [1.82, 2.24) is 4.90 Å². The van der Waals surface area contributed by atoms with E-state index in [1.165, 1.54) is 109 Å². The Morgan fingerprint density at radius 3 is 2.36 bits per heavy atom. The first kappa shape index (κ1) is 20.5. The van der Waals surface area contributed by atoms with Crippen molar-refractivity contribution >= 4 is 0 Å². The summed E-state index contributed by atoms with van der Waals surface area (Å²) in [5.41, 5.74) is 1.71. The largest absolute Gasteiger partial charge is 0.371 e. The van der Waals surface area contributed by atoms with Crippen molar-refractivity contribution in [1.29, 1.82) is 0 Å². The van der Waals surface area contributed by atoms with Gasteiger partial charge in [-0.2, -0.15) is 0 Å². The Hall–Kier alpha value is -0.720. The van der Waals surface area contributed by atoms with E-state index in [0.717, 1.165) is 29.7 Å². The van der Waals surface area contributed by atoms with Crippen molar-refractivity contribution in [3.8, 4) is 0 Å². The Morgan fingerprint density at radius 1 is 0.857 bits per heavy atom. The van der Waals surface area contributed by atoms with Crippen LogP contribution in [0.5, 0.6) is 0 Å². The van der Waals surface area contributed by atoms with Gasteiger partial charge in [-0.1, -0.05) is 89.4 Å². The molecule has 1 nitrogen and oxygen atoms in total. The summed E-state index contributed by atoms with van der Waals surface area (Å²) in [7, 11) is 0. The van der Waals surface area contributed by atoms with Gasteiger partial charge >= 0.3 is 0 Å². The normalized spacial score (nSPS) is 34.6. The third-order valence-corrected chi connectivity index (χ3v) is 8.45. The van der Waals surface area contributed by atoms with E-state index in [1.807, 2.05) is 0 Å². The molecule has 2 heterocycles. The highest BCUT2D eigenvalue weighted by atomic mass is 15.2. The van der Waals surface area contributed by atoms with Crippen LogP contribution in [0.3, 0.4) is 0 Å². The number of allylic oxidation sites excluding steroid dienone is 3. The SMILES string of the molecule is C1=CC(CCCCC2CCCC2)C1.CC1CCCCN2C1=CC1CCCCC12. The van der Waals surface area contributed by atoms with Gasteiger partial charge in [-0.25, -0.2) is 0 Å². The molecule has 5 aliphatic rings. The van der Waals surface area contributed by atoms with E-state index in [-0.39, 0.29) is 0 Å². The van der Waals surface area contributed by atoms with Crippen LogP contribution in [0.25, 0.3) is 0 Å². The molecule has 1 heteroatoms. The lowest BCUT2D eigenvalue weighted by molar-refractivity contribution is 0.186. The predicted molar refractivity (Wildman–Crippen MR) is 121 cm³/mol. The molecule has 0 bridgehead atoms. The first-order chi connectivity index (χ1) is 13.8. The van der Waals surface area contributed by atoms with Crippen LogP contribution < -0.4 is 0 Å². The molecule has 0 radical (unpaired) electrons. The molecule has 2 aliphatic heterocycles. The molecule has 0 spiro atoms. The molecule has 0 aromatic heterocycles. The minimum atomic E-state index is 0.832. The highest BCUT2D eigenvalue weighted by Crippen LogP contribution is 2.42. The van der Waals surface area contributed by atoms with Crippen molar-refractivity contribution in [2.45, 2.75) is 116 Å². The third-order valence-electron chi connectivity index (χ3n) is 8.45. The molecular weight excluding hydrogens is 338 g/mol. The smallest absolute Gasteiger partial charge is 0.0350 e. The molecule has 158 valence electrons. The van der Waals surface area contributed by atoms with Crippen LogP contribution in [-0.4, -0.2) is 17.5 Å². The summed E-state index contributed by atoms with van der Waals surface area (Å²) in [5.74, 6) is 3.81. The Bertz CT molecular complexity index is 526. The summed E-state index contributed by atoms with van der Waals surface area (Å²) >= 11 is 0. The van der Waals surface area contributed by atoms with E-state index in [2.05, 4.69) is 30.1 Å². The summed E-state index contributed by atoms with van der Waals surface area (Å²) in [6, 6.07) is 0.897. The van der Waals surface area contributed by atoms with E-state index in [9.17, 15) is 0 Å². The molecule has 28 heavy (non-hydrogen) atoms. The molecular formula is C27H45N. The molecule has 4 unspecified atom stereocenters. The van der Waals surface area contributed by atoms with E-state index >= 15 is 0 Å². The van der Waals surface area contributed by atoms with Gasteiger partial charge < -0.3 is 4.90 Å². The number of fused-ring (bicyclic) bond motifs is 3. The second-order valence-corrected chi connectivity index (χ2v) is 10.6. The molecule has 0 aromatic rings. The lowest BCUT2D eigenvalue weighted by Gasteiger charge is -2.35. The molecule has 4 atom stereocenters. The fourth-order valence-corrected chi connectivity index (χ4v) is 6.53. The average molecular weight is 384 g/mol. The summed E-state index contributed by atoms with van der Waals surface area (Å²) < 4.78 is 0. The number of unbranched alkanes of at least 4 members (excludes halogenated alkanes) is 1. The van der Waals surface area contributed by atoms with Crippen LogP contribution in [0, 0.1) is 23.7 Å². The maximum atomic E-state index is 2.78. The Labute approximate surface area is 175 Å². The second kappa shape index (κ2) is 10.4. The van der Waals surface area contributed by atoms with Crippen molar-refractivity contribution in [2.24, 2.45) is 23.7 Å². The van der Waals surface area contributed by atoms with Gasteiger partial charge in [0.25, 0.3) is 0 Å². The summed E-state index contributed by atoms with van der Waals surface area (Å²) in [4.78, 5) is 2.78. The molecule has 2 saturated carbocycles. The first-order valence-corrected chi connectivity index (χ1v) is 13.0. The van der Waals surface area contributed by atoms with Crippen LogP contribution in [0.2, 0.25) is 0 Å². The van der Waals surface area contributed by atoms with Gasteiger partial charge in [0.15, 0.2) is 0 Å². The Balaban J connectivity index is 0.000000139. The molecule has 0 aromatic carbocycles. The maximum absolute atomic E-state index is 2.78. The van der Waals surface area contributed by atoms with Gasteiger partial charge in [0.1, 0.15) is 0 Å². The Kier molecular flexibility index (Phi) is 7.60. The predicted octanol–water partition coefficient (Wildman–Crippen LogP) is 7.88. The molecule has 3 fully saturated rings. The van der Waals surface area contributed by atoms with Crippen molar-refractivity contribution in [3.63, 3.8) is 0 Å². The van der Waals surface area contributed by atoms with Crippen LogP contribution in [-0.2, 0) is 0 Å². The lowest BCUT2D eigenvalue weighted by atomic mass is 9.85. The highest BCUT2D eigenvalue weighted by Gasteiger charge is 2.37. The number of rotatable bonds is 5. The van der Waals surface area contributed by atoms with Crippen molar-refractivity contribution in [2.75, 3.05) is 6.54 Å². The van der Waals surface area contributed by atoms with Crippen LogP contribution in [0.1, 0.15) is 110 Å². The van der Waals surface area contributed by atoms with Gasteiger partial charge in [-0.3, -0.25) is 0 Å². The van der Waals surface area contributed by atoms with Gasteiger partial charge in [-0.05, 0) is 62.2 Å². The molecule has 0 N–H and O–H groups in total. The quantitative estimate of drug-likeness (QED) is 0.345. The van der Waals surface area contributed by atoms with E-state index in [4.69, 9.17) is 0 Å². The van der Waals surface area contributed by atoms with E-state index in [1.54, 1.807) is 5.70 Å². The average Bonchev–Trinajstić information content (AvgIpc) is 3.28. The summed E-state index contributed by atoms with van der Waals surface area (Å²) in [5, 5.41) is 0. The van der Waals surface area contributed by atoms with Gasteiger partial charge in [-0.15, -0.1) is 0 Å². The minimum Gasteiger partial charge on any atom is -0.371 e. The highest BCUT2D eigenvalue weighted by molar-refractivity contribution is 5.19. The minimum absolute atomic E-state index is 0.832. The van der Waals surface area contributed by atoms with Crippen LogP contribution in [0.15, 0.2) is 23.9 Å².